The Labute approximate surface area is 155 Å². The number of benzene rings is 1. The first-order chi connectivity index (χ1) is 11.8. The average molecular weight is 403 g/mol. The molecule has 1 aromatic carbocycles. The summed E-state index contributed by atoms with van der Waals surface area (Å²) in [7, 11) is -3.70. The molecule has 0 spiro atoms. The fourth-order valence-corrected chi connectivity index (χ4v) is 4.23. The highest BCUT2D eigenvalue weighted by Crippen LogP contribution is 2.18. The standard InChI is InChI=1S/C15H19ClN4O3S2/c1-10(2)8-14-19-20-15(24-14)18-13(21)6-7-17-25(22,23)12-5-3-4-11(16)9-12/h3-5,9-10,17H,6-8H2,1-2H3,(H,18,20,21). The molecule has 0 aliphatic heterocycles. The van der Waals surface area contributed by atoms with Gasteiger partial charge in [0.15, 0.2) is 0 Å². The molecule has 2 rings (SSSR count). The van der Waals surface area contributed by atoms with Crippen molar-refractivity contribution in [3.8, 4) is 0 Å². The number of hydrogen-bond acceptors (Lipinski definition) is 6. The lowest BCUT2D eigenvalue weighted by Gasteiger charge is -2.06. The number of hydrogen-bond donors (Lipinski definition) is 2. The predicted octanol–water partition coefficient (Wildman–Crippen LogP) is 2.70. The zero-order valence-corrected chi connectivity index (χ0v) is 16.2. The summed E-state index contributed by atoms with van der Waals surface area (Å²) in [5.74, 6) is 0.124. The van der Waals surface area contributed by atoms with E-state index < -0.39 is 10.0 Å². The second-order valence-electron chi connectivity index (χ2n) is 5.75. The van der Waals surface area contributed by atoms with E-state index >= 15 is 0 Å². The maximum absolute atomic E-state index is 12.1. The molecule has 0 aliphatic rings. The molecule has 1 aromatic heterocycles. The molecule has 7 nitrogen and oxygen atoms in total. The van der Waals surface area contributed by atoms with Crippen molar-refractivity contribution in [1.29, 1.82) is 0 Å². The molecule has 2 N–H and O–H groups in total. The molecule has 0 aliphatic carbocycles. The number of rotatable bonds is 8. The molecule has 0 bridgehead atoms. The van der Waals surface area contributed by atoms with E-state index in [-0.39, 0.29) is 23.8 Å². The van der Waals surface area contributed by atoms with Crippen LogP contribution >= 0.6 is 22.9 Å². The molecular weight excluding hydrogens is 384 g/mol. The Balaban J connectivity index is 1.83. The van der Waals surface area contributed by atoms with Gasteiger partial charge in [-0.1, -0.05) is 42.9 Å². The molecule has 1 heterocycles. The molecule has 0 atom stereocenters. The van der Waals surface area contributed by atoms with Crippen LogP contribution in [-0.2, 0) is 21.2 Å². The van der Waals surface area contributed by atoms with Gasteiger partial charge < -0.3 is 5.32 Å². The van der Waals surface area contributed by atoms with Gasteiger partial charge in [0.25, 0.3) is 0 Å². The van der Waals surface area contributed by atoms with Crippen molar-refractivity contribution in [3.05, 3.63) is 34.3 Å². The normalized spacial score (nSPS) is 11.7. The van der Waals surface area contributed by atoms with E-state index in [4.69, 9.17) is 11.6 Å². The van der Waals surface area contributed by atoms with Gasteiger partial charge >= 0.3 is 0 Å². The highest BCUT2D eigenvalue weighted by atomic mass is 35.5. The first-order valence-corrected chi connectivity index (χ1v) is 10.3. The molecule has 0 saturated heterocycles. The molecule has 0 fully saturated rings. The lowest BCUT2D eigenvalue weighted by molar-refractivity contribution is -0.116. The van der Waals surface area contributed by atoms with Crippen LogP contribution in [0, 0.1) is 5.92 Å². The number of nitrogens with one attached hydrogen (secondary N) is 2. The summed E-state index contributed by atoms with van der Waals surface area (Å²) in [6.45, 7) is 4.12. The molecule has 0 unspecified atom stereocenters. The monoisotopic (exact) mass is 402 g/mol. The largest absolute Gasteiger partial charge is 0.300 e. The molecule has 25 heavy (non-hydrogen) atoms. The van der Waals surface area contributed by atoms with E-state index in [1.54, 1.807) is 12.1 Å². The van der Waals surface area contributed by atoms with Crippen molar-refractivity contribution in [2.75, 3.05) is 11.9 Å². The van der Waals surface area contributed by atoms with Gasteiger partial charge in [0.1, 0.15) is 5.01 Å². The quantitative estimate of drug-likeness (QED) is 0.706. The zero-order valence-electron chi connectivity index (χ0n) is 13.8. The number of carbonyl (C=O) groups is 1. The zero-order chi connectivity index (χ0) is 18.4. The maximum Gasteiger partial charge on any atom is 0.240 e. The minimum absolute atomic E-state index is 0.0150. The molecule has 0 saturated carbocycles. The third-order valence-electron chi connectivity index (χ3n) is 3.05. The van der Waals surface area contributed by atoms with Crippen molar-refractivity contribution >= 4 is 44.0 Å². The lowest BCUT2D eigenvalue weighted by atomic mass is 10.1. The molecular formula is C15H19ClN4O3S2. The Bertz CT molecular complexity index is 837. The number of carbonyl (C=O) groups excluding carboxylic acids is 1. The van der Waals surface area contributed by atoms with Gasteiger partial charge in [-0.15, -0.1) is 10.2 Å². The Morgan fingerprint density at radius 1 is 1.32 bits per heavy atom. The molecule has 136 valence electrons. The summed E-state index contributed by atoms with van der Waals surface area (Å²) >= 11 is 7.11. The second-order valence-corrected chi connectivity index (χ2v) is 9.02. The summed E-state index contributed by atoms with van der Waals surface area (Å²) < 4.78 is 26.6. The van der Waals surface area contributed by atoms with Crippen molar-refractivity contribution < 1.29 is 13.2 Å². The van der Waals surface area contributed by atoms with Crippen LogP contribution < -0.4 is 10.0 Å². The Kier molecular flexibility index (Phi) is 6.88. The van der Waals surface area contributed by atoms with E-state index in [0.29, 0.717) is 16.1 Å². The van der Waals surface area contributed by atoms with E-state index in [0.717, 1.165) is 11.4 Å². The van der Waals surface area contributed by atoms with Crippen LogP contribution in [0.4, 0.5) is 5.13 Å². The molecule has 1 amide bonds. The summed E-state index contributed by atoms with van der Waals surface area (Å²) in [6, 6.07) is 5.92. The van der Waals surface area contributed by atoms with Crippen LogP contribution in [0.2, 0.25) is 5.02 Å². The van der Waals surface area contributed by atoms with Gasteiger partial charge in [0.05, 0.1) is 4.90 Å². The number of halogens is 1. The number of sulfonamides is 1. The number of anilines is 1. The smallest absolute Gasteiger partial charge is 0.240 e. The summed E-state index contributed by atoms with van der Waals surface area (Å²) in [4.78, 5) is 12.0. The Hall–Kier alpha value is -1.55. The van der Waals surface area contributed by atoms with Gasteiger partial charge in [0, 0.05) is 24.4 Å². The first-order valence-electron chi connectivity index (χ1n) is 7.64. The van der Waals surface area contributed by atoms with E-state index in [9.17, 15) is 13.2 Å². The summed E-state index contributed by atoms with van der Waals surface area (Å²) in [6.07, 6.45) is 0.784. The van der Waals surface area contributed by atoms with Gasteiger partial charge in [0.2, 0.25) is 21.1 Å². The average Bonchev–Trinajstić information content (AvgIpc) is 2.93. The van der Waals surface area contributed by atoms with Crippen LogP contribution in [0.25, 0.3) is 0 Å². The Morgan fingerprint density at radius 3 is 2.76 bits per heavy atom. The lowest BCUT2D eigenvalue weighted by Crippen LogP contribution is -2.27. The topological polar surface area (TPSA) is 101 Å². The third kappa shape index (κ3) is 6.35. The van der Waals surface area contributed by atoms with Gasteiger partial charge in [-0.25, -0.2) is 13.1 Å². The van der Waals surface area contributed by atoms with E-state index in [1.165, 1.54) is 23.5 Å². The Morgan fingerprint density at radius 2 is 2.08 bits per heavy atom. The van der Waals surface area contributed by atoms with Crippen LogP contribution in [-0.4, -0.2) is 31.1 Å². The molecule has 0 radical (unpaired) electrons. The number of nitrogens with zero attached hydrogens (tertiary/aromatic N) is 2. The summed E-state index contributed by atoms with van der Waals surface area (Å²) in [5.41, 5.74) is 0. The first kappa shape index (κ1) is 19.8. The van der Waals surface area contributed by atoms with Gasteiger partial charge in [-0.05, 0) is 24.1 Å². The van der Waals surface area contributed by atoms with Gasteiger partial charge in [-0.2, -0.15) is 0 Å². The van der Waals surface area contributed by atoms with Crippen molar-refractivity contribution in [2.24, 2.45) is 5.92 Å². The fourth-order valence-electron chi connectivity index (χ4n) is 1.93. The second kappa shape index (κ2) is 8.70. The summed E-state index contributed by atoms with van der Waals surface area (Å²) in [5, 5.41) is 12.1. The highest BCUT2D eigenvalue weighted by molar-refractivity contribution is 7.89. The van der Waals surface area contributed by atoms with Crippen molar-refractivity contribution in [1.82, 2.24) is 14.9 Å². The number of amides is 1. The maximum atomic E-state index is 12.1. The molecule has 10 heteroatoms. The van der Waals surface area contributed by atoms with Crippen LogP contribution in [0.3, 0.4) is 0 Å². The predicted molar refractivity (Wildman–Crippen MR) is 98.3 cm³/mol. The fraction of sp³-hybridized carbons (Fsp3) is 0.400. The number of aromatic nitrogens is 2. The van der Waals surface area contributed by atoms with Crippen LogP contribution in [0.5, 0.6) is 0 Å². The third-order valence-corrected chi connectivity index (χ3v) is 5.60. The SMILES string of the molecule is CC(C)Cc1nnc(NC(=O)CCNS(=O)(=O)c2cccc(Cl)c2)s1. The highest BCUT2D eigenvalue weighted by Gasteiger charge is 2.15. The van der Waals surface area contributed by atoms with E-state index in [2.05, 4.69) is 34.1 Å². The minimum Gasteiger partial charge on any atom is -0.300 e. The van der Waals surface area contributed by atoms with Crippen LogP contribution in [0.1, 0.15) is 25.3 Å². The molecule has 2 aromatic rings. The van der Waals surface area contributed by atoms with Gasteiger partial charge in [-0.3, -0.25) is 4.79 Å². The van der Waals surface area contributed by atoms with Crippen LogP contribution in [0.15, 0.2) is 29.2 Å². The van der Waals surface area contributed by atoms with Crippen molar-refractivity contribution in [3.63, 3.8) is 0 Å². The minimum atomic E-state index is -3.70. The van der Waals surface area contributed by atoms with E-state index in [1.807, 2.05) is 0 Å². The van der Waals surface area contributed by atoms with Crippen molar-refractivity contribution in [2.45, 2.75) is 31.6 Å².